The summed E-state index contributed by atoms with van der Waals surface area (Å²) in [7, 11) is -4.02. The molecule has 0 aromatic rings. The molecule has 0 heterocycles. The van der Waals surface area contributed by atoms with Crippen LogP contribution in [-0.4, -0.2) is 11.0 Å². The monoisotopic (exact) mass is 206 g/mol. The van der Waals surface area contributed by atoms with E-state index in [-0.39, 0.29) is 6.42 Å². The van der Waals surface area contributed by atoms with Crippen molar-refractivity contribution >= 4 is 10.8 Å². The molecule has 0 saturated heterocycles. The van der Waals surface area contributed by atoms with Crippen LogP contribution in [0, 0.1) is 28.6 Å². The van der Waals surface area contributed by atoms with E-state index in [4.69, 9.17) is 10.5 Å². The minimum atomic E-state index is -4.02. The van der Waals surface area contributed by atoms with Crippen LogP contribution in [0.4, 0.5) is 7.77 Å². The lowest BCUT2D eigenvalue weighted by Gasteiger charge is -2.36. The predicted molar refractivity (Wildman–Crippen MR) is 49.1 cm³/mol. The first kappa shape index (κ1) is 12.2. The predicted octanol–water partition coefficient (Wildman–Crippen LogP) is 3.02. The number of nitriles is 2. The van der Waals surface area contributed by atoms with E-state index in [0.29, 0.717) is 0 Å². The highest BCUT2D eigenvalue weighted by molar-refractivity contribution is 8.26. The van der Waals surface area contributed by atoms with Crippen LogP contribution in [0.1, 0.15) is 20.3 Å². The van der Waals surface area contributed by atoms with Gasteiger partial charge >= 0.3 is 0 Å². The molecule has 0 radical (unpaired) electrons. The molecule has 0 aliphatic rings. The lowest BCUT2D eigenvalue weighted by molar-refractivity contribution is 0.516. The first-order chi connectivity index (χ1) is 5.85. The molecule has 0 aliphatic carbocycles. The molecular formula is C8H12F2N2S. The van der Waals surface area contributed by atoms with Crippen LogP contribution in [0.3, 0.4) is 0 Å². The van der Waals surface area contributed by atoms with Gasteiger partial charge in [0, 0.05) is 6.26 Å². The minimum absolute atomic E-state index is 0.0110. The summed E-state index contributed by atoms with van der Waals surface area (Å²) in [5.41, 5.74) is 0. The van der Waals surface area contributed by atoms with Crippen molar-refractivity contribution in [3.63, 3.8) is 0 Å². The molecule has 0 rings (SSSR count). The summed E-state index contributed by atoms with van der Waals surface area (Å²) in [6, 6.07) is 3.35. The largest absolute Gasteiger partial charge is 0.198 e. The first-order valence-electron chi connectivity index (χ1n) is 3.83. The van der Waals surface area contributed by atoms with Crippen LogP contribution < -0.4 is 0 Å². The molecule has 13 heavy (non-hydrogen) atoms. The highest BCUT2D eigenvalue weighted by Gasteiger charge is 2.50. The van der Waals surface area contributed by atoms with Gasteiger partial charge in [0.05, 0.1) is 28.9 Å². The van der Waals surface area contributed by atoms with Crippen molar-refractivity contribution in [3.8, 4) is 12.1 Å². The minimum Gasteiger partial charge on any atom is -0.198 e. The number of hydrogen-bond acceptors (Lipinski definition) is 2. The summed E-state index contributed by atoms with van der Waals surface area (Å²) in [5, 5.41) is 17.3. The molecule has 0 spiro atoms. The molecule has 2 atom stereocenters. The molecule has 0 aliphatic heterocycles. The second-order valence-corrected chi connectivity index (χ2v) is 5.11. The normalized spacial score (nSPS) is 19.3. The van der Waals surface area contributed by atoms with Gasteiger partial charge in [-0.25, -0.2) is 0 Å². The SMILES string of the molecule is CCC(C#N)(C(C)C#N)S(C)(F)F. The van der Waals surface area contributed by atoms with E-state index in [9.17, 15) is 7.77 Å². The van der Waals surface area contributed by atoms with Gasteiger partial charge < -0.3 is 0 Å². The van der Waals surface area contributed by atoms with Crippen LogP contribution in [-0.2, 0) is 0 Å². The Morgan fingerprint density at radius 3 is 2.00 bits per heavy atom. The standard InChI is InChI=1S/C8H12F2N2S/c1-4-8(6-12,7(2)5-11)13(3,9)10/h7H,4H2,1-3H3. The fourth-order valence-electron chi connectivity index (χ4n) is 1.23. The number of halogens is 2. The zero-order chi connectivity index (χ0) is 10.7. The Hall–Kier alpha value is -0.810. The Kier molecular flexibility index (Phi) is 3.69. The maximum absolute atomic E-state index is 13.2. The second-order valence-electron chi connectivity index (χ2n) is 2.93. The third kappa shape index (κ3) is 1.92. The second kappa shape index (κ2) is 3.93. The van der Waals surface area contributed by atoms with Crippen LogP contribution in [0.5, 0.6) is 0 Å². The fourth-order valence-corrected chi connectivity index (χ4v) is 2.57. The van der Waals surface area contributed by atoms with Gasteiger partial charge in [0.1, 0.15) is 0 Å². The van der Waals surface area contributed by atoms with Gasteiger partial charge in [-0.3, -0.25) is 0 Å². The lowest BCUT2D eigenvalue weighted by Crippen LogP contribution is -2.35. The van der Waals surface area contributed by atoms with Crippen LogP contribution >= 0.6 is 10.8 Å². The quantitative estimate of drug-likeness (QED) is 0.712. The van der Waals surface area contributed by atoms with Gasteiger partial charge in [0.15, 0.2) is 4.75 Å². The Bertz CT molecular complexity index is 261. The van der Waals surface area contributed by atoms with Crippen molar-refractivity contribution in [2.24, 2.45) is 5.92 Å². The van der Waals surface area contributed by atoms with Gasteiger partial charge in [-0.1, -0.05) is 6.92 Å². The van der Waals surface area contributed by atoms with E-state index >= 15 is 0 Å². The first-order valence-corrected chi connectivity index (χ1v) is 5.68. The summed E-state index contributed by atoms with van der Waals surface area (Å²) >= 11 is 0. The van der Waals surface area contributed by atoms with E-state index < -0.39 is 21.5 Å². The van der Waals surface area contributed by atoms with Crippen molar-refractivity contribution in [1.82, 2.24) is 0 Å². The number of hydrogen-bond donors (Lipinski definition) is 0. The summed E-state index contributed by atoms with van der Waals surface area (Å²) < 4.78 is 24.6. The Balaban J connectivity index is 5.22. The fraction of sp³-hybridized carbons (Fsp3) is 0.750. The highest BCUT2D eigenvalue weighted by Crippen LogP contribution is 2.63. The average Bonchev–Trinajstić information content (AvgIpc) is 2.04. The third-order valence-corrected chi connectivity index (χ3v) is 4.26. The maximum Gasteiger partial charge on any atom is 0.154 e. The maximum atomic E-state index is 13.2. The molecule has 0 amide bonds. The van der Waals surface area contributed by atoms with Gasteiger partial charge in [-0.2, -0.15) is 18.3 Å². The summed E-state index contributed by atoms with van der Waals surface area (Å²) in [4.78, 5) is 0. The van der Waals surface area contributed by atoms with Crippen molar-refractivity contribution in [3.05, 3.63) is 0 Å². The van der Waals surface area contributed by atoms with E-state index in [1.807, 2.05) is 0 Å². The molecule has 0 fully saturated rings. The van der Waals surface area contributed by atoms with E-state index in [1.54, 1.807) is 12.1 Å². The Morgan fingerprint density at radius 2 is 1.92 bits per heavy atom. The molecule has 0 saturated carbocycles. The Labute approximate surface area is 79.1 Å². The van der Waals surface area contributed by atoms with Crippen molar-refractivity contribution in [2.45, 2.75) is 25.0 Å². The van der Waals surface area contributed by atoms with Gasteiger partial charge in [0.25, 0.3) is 0 Å². The van der Waals surface area contributed by atoms with Crippen molar-refractivity contribution < 1.29 is 7.77 Å². The van der Waals surface area contributed by atoms with Crippen molar-refractivity contribution in [2.75, 3.05) is 6.26 Å². The van der Waals surface area contributed by atoms with Gasteiger partial charge in [-0.15, -0.1) is 0 Å². The smallest absolute Gasteiger partial charge is 0.154 e. The number of nitrogens with zero attached hydrogens (tertiary/aromatic N) is 2. The summed E-state index contributed by atoms with van der Waals surface area (Å²) in [5.74, 6) is -0.933. The zero-order valence-electron chi connectivity index (χ0n) is 7.84. The Morgan fingerprint density at radius 1 is 1.46 bits per heavy atom. The molecule has 0 aromatic carbocycles. The molecular weight excluding hydrogens is 194 g/mol. The highest BCUT2D eigenvalue weighted by atomic mass is 32.3. The van der Waals surface area contributed by atoms with Crippen LogP contribution in [0.2, 0.25) is 0 Å². The van der Waals surface area contributed by atoms with E-state index in [2.05, 4.69) is 0 Å². The molecule has 0 bridgehead atoms. The summed E-state index contributed by atoms with van der Waals surface area (Å²) in [6.07, 6.45) is 0.782. The lowest BCUT2D eigenvalue weighted by atomic mass is 9.93. The van der Waals surface area contributed by atoms with Crippen LogP contribution in [0.25, 0.3) is 0 Å². The molecule has 2 nitrogen and oxygen atoms in total. The number of rotatable bonds is 3. The van der Waals surface area contributed by atoms with Gasteiger partial charge in [-0.05, 0) is 13.3 Å². The molecule has 74 valence electrons. The van der Waals surface area contributed by atoms with E-state index in [0.717, 1.165) is 6.26 Å². The van der Waals surface area contributed by atoms with E-state index in [1.165, 1.54) is 13.8 Å². The average molecular weight is 206 g/mol. The molecule has 0 N–H and O–H groups in total. The van der Waals surface area contributed by atoms with Gasteiger partial charge in [0.2, 0.25) is 0 Å². The molecule has 5 heteroatoms. The zero-order valence-corrected chi connectivity index (χ0v) is 8.66. The molecule has 2 unspecified atom stereocenters. The molecule has 0 aromatic heterocycles. The topological polar surface area (TPSA) is 47.6 Å². The van der Waals surface area contributed by atoms with Crippen molar-refractivity contribution in [1.29, 1.82) is 10.5 Å². The third-order valence-electron chi connectivity index (χ3n) is 2.25. The van der Waals surface area contributed by atoms with Crippen LogP contribution in [0.15, 0.2) is 0 Å². The summed E-state index contributed by atoms with van der Waals surface area (Å²) in [6.45, 7) is 2.89.